The van der Waals surface area contributed by atoms with Crippen molar-refractivity contribution in [2.24, 2.45) is 0 Å². The first-order valence-electron chi connectivity index (χ1n) is 7.12. The van der Waals surface area contributed by atoms with Crippen LogP contribution in [0.25, 0.3) is 0 Å². The van der Waals surface area contributed by atoms with E-state index in [1.54, 1.807) is 12.1 Å². The molecule has 2 rings (SSSR count). The molecule has 0 aromatic heterocycles. The van der Waals surface area contributed by atoms with Crippen LogP contribution in [0, 0.1) is 0 Å². The fourth-order valence-electron chi connectivity index (χ4n) is 2.56. The summed E-state index contributed by atoms with van der Waals surface area (Å²) in [5.74, 6) is 0. The summed E-state index contributed by atoms with van der Waals surface area (Å²) in [6.45, 7) is -0.139. The third-order valence-corrected chi connectivity index (χ3v) is 3.95. The summed E-state index contributed by atoms with van der Waals surface area (Å²) in [5, 5.41) is 15.8. The summed E-state index contributed by atoms with van der Waals surface area (Å²) in [6.07, 6.45) is 5.68. The van der Waals surface area contributed by atoms with Crippen LogP contribution in [0.15, 0.2) is 24.3 Å². The third-order valence-electron chi connectivity index (χ3n) is 3.70. The highest BCUT2D eigenvalue weighted by molar-refractivity contribution is 6.30. The summed E-state index contributed by atoms with van der Waals surface area (Å²) < 4.78 is 0. The molecule has 1 atom stereocenters. The Balaban J connectivity index is 1.88. The number of aliphatic hydroxyl groups is 1. The van der Waals surface area contributed by atoms with Crippen molar-refractivity contribution < 1.29 is 9.90 Å². The molecule has 5 heteroatoms. The van der Waals surface area contributed by atoms with E-state index in [-0.39, 0.29) is 18.7 Å². The average Bonchev–Trinajstić information content (AvgIpc) is 2.47. The summed E-state index contributed by atoms with van der Waals surface area (Å²) in [4.78, 5) is 12.0. The summed E-state index contributed by atoms with van der Waals surface area (Å²) in [6, 6.07) is 6.75. The van der Waals surface area contributed by atoms with E-state index in [1.807, 2.05) is 12.1 Å². The molecule has 0 heterocycles. The van der Waals surface area contributed by atoms with Crippen molar-refractivity contribution in [3.63, 3.8) is 0 Å². The number of hydrogen-bond acceptors (Lipinski definition) is 2. The van der Waals surface area contributed by atoms with Crippen molar-refractivity contribution in [2.75, 3.05) is 6.61 Å². The first kappa shape index (κ1) is 15.1. The van der Waals surface area contributed by atoms with Crippen LogP contribution in [0.2, 0.25) is 5.02 Å². The minimum atomic E-state index is -0.407. The van der Waals surface area contributed by atoms with Crippen LogP contribution in [0.1, 0.15) is 43.7 Å². The second kappa shape index (κ2) is 7.50. The lowest BCUT2D eigenvalue weighted by Gasteiger charge is -2.24. The fourth-order valence-corrected chi connectivity index (χ4v) is 2.69. The number of urea groups is 1. The highest BCUT2D eigenvalue weighted by Crippen LogP contribution is 2.18. The van der Waals surface area contributed by atoms with Gasteiger partial charge in [-0.1, -0.05) is 43.0 Å². The van der Waals surface area contributed by atoms with Crippen molar-refractivity contribution >= 4 is 17.6 Å². The van der Waals surface area contributed by atoms with E-state index in [1.165, 1.54) is 19.3 Å². The predicted octanol–water partition coefficient (Wildman–Crippen LogP) is 3.01. The average molecular weight is 297 g/mol. The molecule has 0 aliphatic heterocycles. The molecule has 20 heavy (non-hydrogen) atoms. The van der Waals surface area contributed by atoms with Gasteiger partial charge in [-0.15, -0.1) is 0 Å². The molecule has 0 spiro atoms. The molecular formula is C15H21ClN2O2. The Bertz CT molecular complexity index is 430. The second-order valence-corrected chi connectivity index (χ2v) is 5.68. The molecule has 1 aliphatic rings. The number of rotatable bonds is 4. The largest absolute Gasteiger partial charge is 0.394 e. The maximum Gasteiger partial charge on any atom is 0.315 e. The van der Waals surface area contributed by atoms with E-state index in [0.29, 0.717) is 5.02 Å². The van der Waals surface area contributed by atoms with Crippen LogP contribution >= 0.6 is 11.6 Å². The quantitative estimate of drug-likeness (QED) is 0.800. The van der Waals surface area contributed by atoms with Gasteiger partial charge < -0.3 is 15.7 Å². The van der Waals surface area contributed by atoms with Crippen molar-refractivity contribution in [2.45, 2.75) is 44.2 Å². The van der Waals surface area contributed by atoms with Crippen molar-refractivity contribution in [1.29, 1.82) is 0 Å². The minimum Gasteiger partial charge on any atom is -0.394 e. The van der Waals surface area contributed by atoms with Crippen molar-refractivity contribution in [1.82, 2.24) is 10.6 Å². The number of nitrogens with one attached hydrogen (secondary N) is 2. The molecule has 0 radical (unpaired) electrons. The maximum atomic E-state index is 12.0. The number of aliphatic hydroxyl groups excluding tert-OH is 1. The van der Waals surface area contributed by atoms with Gasteiger partial charge in [-0.2, -0.15) is 0 Å². The number of hydrogen-bond donors (Lipinski definition) is 3. The molecule has 1 aromatic rings. The fraction of sp³-hybridized carbons (Fsp3) is 0.533. The zero-order valence-electron chi connectivity index (χ0n) is 11.4. The standard InChI is InChI=1S/C15H21ClN2O2/c16-12-8-6-11(7-9-12)14(10-19)18-15(20)17-13-4-2-1-3-5-13/h6-9,13-14,19H,1-5,10H2,(H2,17,18,20). The van der Waals surface area contributed by atoms with E-state index < -0.39 is 6.04 Å². The van der Waals surface area contributed by atoms with E-state index in [0.717, 1.165) is 18.4 Å². The summed E-state index contributed by atoms with van der Waals surface area (Å²) in [5.41, 5.74) is 0.843. The topological polar surface area (TPSA) is 61.4 Å². The zero-order chi connectivity index (χ0) is 14.4. The molecule has 1 aromatic carbocycles. The van der Waals surface area contributed by atoms with Gasteiger partial charge in [0.2, 0.25) is 0 Å². The zero-order valence-corrected chi connectivity index (χ0v) is 12.2. The minimum absolute atomic E-state index is 0.139. The Hall–Kier alpha value is -1.26. The van der Waals surface area contributed by atoms with E-state index in [2.05, 4.69) is 10.6 Å². The van der Waals surface area contributed by atoms with Gasteiger partial charge in [-0.25, -0.2) is 4.79 Å². The number of benzene rings is 1. The van der Waals surface area contributed by atoms with Crippen LogP contribution in [-0.4, -0.2) is 23.8 Å². The number of halogens is 1. The molecule has 4 nitrogen and oxygen atoms in total. The van der Waals surface area contributed by atoms with Crippen LogP contribution in [0.4, 0.5) is 4.79 Å². The van der Waals surface area contributed by atoms with Gasteiger partial charge in [0, 0.05) is 11.1 Å². The smallest absolute Gasteiger partial charge is 0.315 e. The molecule has 1 fully saturated rings. The van der Waals surface area contributed by atoms with Gasteiger partial charge in [-0.05, 0) is 30.5 Å². The molecule has 1 aliphatic carbocycles. The van der Waals surface area contributed by atoms with Gasteiger partial charge in [0.05, 0.1) is 12.6 Å². The van der Waals surface area contributed by atoms with Gasteiger partial charge in [0.15, 0.2) is 0 Å². The normalized spacial score (nSPS) is 17.5. The number of carbonyl (C=O) groups excluding carboxylic acids is 1. The maximum absolute atomic E-state index is 12.0. The molecule has 2 amide bonds. The monoisotopic (exact) mass is 296 g/mol. The third kappa shape index (κ3) is 4.39. The van der Waals surface area contributed by atoms with Gasteiger partial charge in [-0.3, -0.25) is 0 Å². The number of carbonyl (C=O) groups is 1. The predicted molar refractivity (Wildman–Crippen MR) is 79.8 cm³/mol. The van der Waals surface area contributed by atoms with Crippen LogP contribution < -0.4 is 10.6 Å². The Morgan fingerprint density at radius 3 is 2.50 bits per heavy atom. The highest BCUT2D eigenvalue weighted by atomic mass is 35.5. The van der Waals surface area contributed by atoms with Crippen LogP contribution in [-0.2, 0) is 0 Å². The Morgan fingerprint density at radius 2 is 1.90 bits per heavy atom. The molecule has 0 saturated heterocycles. The van der Waals surface area contributed by atoms with E-state index in [4.69, 9.17) is 11.6 Å². The molecule has 1 unspecified atom stereocenters. The highest BCUT2D eigenvalue weighted by Gasteiger charge is 2.18. The lowest BCUT2D eigenvalue weighted by molar-refractivity contribution is 0.211. The molecular weight excluding hydrogens is 276 g/mol. The molecule has 3 N–H and O–H groups in total. The van der Waals surface area contributed by atoms with Gasteiger partial charge >= 0.3 is 6.03 Å². The van der Waals surface area contributed by atoms with Crippen LogP contribution in [0.3, 0.4) is 0 Å². The molecule has 0 bridgehead atoms. The van der Waals surface area contributed by atoms with Gasteiger partial charge in [0.1, 0.15) is 0 Å². The van der Waals surface area contributed by atoms with E-state index >= 15 is 0 Å². The Morgan fingerprint density at radius 1 is 1.25 bits per heavy atom. The van der Waals surface area contributed by atoms with E-state index in [9.17, 15) is 9.90 Å². The Kier molecular flexibility index (Phi) is 5.68. The lowest BCUT2D eigenvalue weighted by atomic mass is 9.96. The molecule has 110 valence electrons. The Labute approximate surface area is 124 Å². The second-order valence-electron chi connectivity index (χ2n) is 5.24. The van der Waals surface area contributed by atoms with Crippen molar-refractivity contribution in [3.05, 3.63) is 34.9 Å². The number of amides is 2. The SMILES string of the molecule is O=C(NC1CCCCC1)NC(CO)c1ccc(Cl)cc1. The van der Waals surface area contributed by atoms with Crippen molar-refractivity contribution in [3.8, 4) is 0 Å². The lowest BCUT2D eigenvalue weighted by Crippen LogP contribution is -2.44. The van der Waals surface area contributed by atoms with Gasteiger partial charge in [0.25, 0.3) is 0 Å². The first-order chi connectivity index (χ1) is 9.69. The first-order valence-corrected chi connectivity index (χ1v) is 7.50. The summed E-state index contributed by atoms with van der Waals surface area (Å²) >= 11 is 5.83. The summed E-state index contributed by atoms with van der Waals surface area (Å²) in [7, 11) is 0. The van der Waals surface area contributed by atoms with Crippen LogP contribution in [0.5, 0.6) is 0 Å². The molecule has 1 saturated carbocycles.